The quantitative estimate of drug-likeness (QED) is 0.320. The van der Waals surface area contributed by atoms with E-state index in [1.165, 1.54) is 54.9 Å². The maximum atomic E-state index is 13.3. The number of anilines is 3. The minimum Gasteiger partial charge on any atom is -0.469 e. The van der Waals surface area contributed by atoms with E-state index >= 15 is 0 Å². The topological polar surface area (TPSA) is 133 Å². The van der Waals surface area contributed by atoms with E-state index in [0.29, 0.717) is 28.8 Å². The first-order chi connectivity index (χ1) is 20.3. The number of hydrogen-bond acceptors (Lipinski definition) is 8. The zero-order valence-corrected chi connectivity index (χ0v) is 26.5. The van der Waals surface area contributed by atoms with Crippen molar-refractivity contribution in [3.05, 3.63) is 82.3 Å². The number of benzene rings is 3. The van der Waals surface area contributed by atoms with E-state index in [-0.39, 0.29) is 35.7 Å². The van der Waals surface area contributed by atoms with E-state index in [9.17, 15) is 26.4 Å². The number of carbonyl (C=O) groups is 2. The van der Waals surface area contributed by atoms with Crippen molar-refractivity contribution in [3.8, 4) is 0 Å². The second-order valence-electron chi connectivity index (χ2n) is 9.62. The minimum atomic E-state index is -3.94. The predicted molar refractivity (Wildman–Crippen MR) is 167 cm³/mol. The van der Waals surface area contributed by atoms with Crippen LogP contribution in [0.3, 0.4) is 0 Å². The van der Waals surface area contributed by atoms with Crippen LogP contribution in [0.4, 0.5) is 17.1 Å². The van der Waals surface area contributed by atoms with Crippen LogP contribution in [0.25, 0.3) is 0 Å². The fourth-order valence-electron chi connectivity index (χ4n) is 4.51. The number of ether oxygens (including phenoxy) is 1. The highest BCUT2D eigenvalue weighted by atomic mass is 35.5. The van der Waals surface area contributed by atoms with Crippen LogP contribution < -0.4 is 14.5 Å². The summed E-state index contributed by atoms with van der Waals surface area (Å²) >= 11 is 12.2. The third-order valence-electron chi connectivity index (χ3n) is 6.90. The Kier molecular flexibility index (Phi) is 10.2. The standard InChI is InChI=1S/C28H30Cl2N4O7S2/c1-32(42(37,38)16-11-27(35)41-2)26-6-4-3-5-25(26)28(36)31-22-7-9-24(10-8-22)43(39,40)34-14-12-33(13-15-34)23-18-20(29)17-21(30)19-23/h3-10,17-19H,11-16H2,1-2H3,(H,31,36). The van der Waals surface area contributed by atoms with Gasteiger partial charge >= 0.3 is 5.97 Å². The number of sulfonamides is 2. The number of hydrogen-bond donors (Lipinski definition) is 1. The molecule has 0 atom stereocenters. The molecule has 1 saturated heterocycles. The van der Waals surface area contributed by atoms with Gasteiger partial charge in [-0.2, -0.15) is 4.31 Å². The average molecular weight is 670 g/mol. The minimum absolute atomic E-state index is 0.0709. The SMILES string of the molecule is COC(=O)CCS(=O)(=O)N(C)c1ccccc1C(=O)Nc1ccc(S(=O)(=O)N2CCN(c3cc(Cl)cc(Cl)c3)CC2)cc1. The summed E-state index contributed by atoms with van der Waals surface area (Å²) in [5.41, 5.74) is 1.32. The van der Waals surface area contributed by atoms with Gasteiger partial charge in [0.05, 0.1) is 35.4 Å². The van der Waals surface area contributed by atoms with E-state index < -0.39 is 37.7 Å². The fourth-order valence-corrected chi connectivity index (χ4v) is 7.60. The van der Waals surface area contributed by atoms with Gasteiger partial charge in [-0.3, -0.25) is 13.9 Å². The first kappa shape index (κ1) is 32.6. The van der Waals surface area contributed by atoms with Gasteiger partial charge in [-0.1, -0.05) is 35.3 Å². The Morgan fingerprint density at radius 3 is 2.12 bits per heavy atom. The number of esters is 1. The summed E-state index contributed by atoms with van der Waals surface area (Å²) in [7, 11) is -5.27. The molecule has 1 N–H and O–H groups in total. The lowest BCUT2D eigenvalue weighted by Gasteiger charge is -2.35. The van der Waals surface area contributed by atoms with Gasteiger partial charge in [0.1, 0.15) is 0 Å². The predicted octanol–water partition coefficient (Wildman–Crippen LogP) is 4.09. The summed E-state index contributed by atoms with van der Waals surface area (Å²) in [5.74, 6) is -1.76. The fraction of sp³-hybridized carbons (Fsp3) is 0.286. The lowest BCUT2D eigenvalue weighted by atomic mass is 10.1. The van der Waals surface area contributed by atoms with Crippen LogP contribution in [0.5, 0.6) is 0 Å². The van der Waals surface area contributed by atoms with Gasteiger partial charge in [0, 0.05) is 54.6 Å². The molecule has 0 aromatic heterocycles. The van der Waals surface area contributed by atoms with Crippen LogP contribution in [0, 0.1) is 0 Å². The summed E-state index contributed by atoms with van der Waals surface area (Å²) in [6.07, 6.45) is -0.334. The van der Waals surface area contributed by atoms with Gasteiger partial charge in [-0.15, -0.1) is 0 Å². The molecular weight excluding hydrogens is 639 g/mol. The average Bonchev–Trinajstić information content (AvgIpc) is 2.99. The summed E-state index contributed by atoms with van der Waals surface area (Å²) in [4.78, 5) is 26.7. The Labute approximate surface area is 261 Å². The normalized spacial score (nSPS) is 14.3. The molecular formula is C28H30Cl2N4O7S2. The number of rotatable bonds is 10. The molecule has 1 heterocycles. The number of carbonyl (C=O) groups excluding carboxylic acids is 2. The Hall–Kier alpha value is -3.36. The number of piperazine rings is 1. The lowest BCUT2D eigenvalue weighted by Crippen LogP contribution is -2.48. The molecule has 43 heavy (non-hydrogen) atoms. The van der Waals surface area contributed by atoms with E-state index in [4.69, 9.17) is 23.2 Å². The van der Waals surface area contributed by atoms with E-state index in [1.54, 1.807) is 30.3 Å². The molecule has 0 saturated carbocycles. The van der Waals surface area contributed by atoms with Crippen molar-refractivity contribution in [3.63, 3.8) is 0 Å². The van der Waals surface area contributed by atoms with Crippen LogP contribution in [0.2, 0.25) is 10.0 Å². The monoisotopic (exact) mass is 668 g/mol. The van der Waals surface area contributed by atoms with Crippen molar-refractivity contribution >= 4 is 72.2 Å². The van der Waals surface area contributed by atoms with Crippen molar-refractivity contribution in [1.29, 1.82) is 0 Å². The number of para-hydroxylation sites is 1. The largest absolute Gasteiger partial charge is 0.469 e. The van der Waals surface area contributed by atoms with E-state index in [2.05, 4.69) is 10.1 Å². The van der Waals surface area contributed by atoms with Crippen molar-refractivity contribution in [1.82, 2.24) is 4.31 Å². The maximum absolute atomic E-state index is 13.3. The number of amides is 1. The van der Waals surface area contributed by atoms with Crippen LogP contribution in [-0.4, -0.2) is 79.1 Å². The van der Waals surface area contributed by atoms with Crippen LogP contribution in [-0.2, 0) is 29.6 Å². The highest BCUT2D eigenvalue weighted by Crippen LogP contribution is 2.28. The van der Waals surface area contributed by atoms with Crippen molar-refractivity contribution in [2.24, 2.45) is 0 Å². The molecule has 15 heteroatoms. The summed E-state index contributed by atoms with van der Waals surface area (Å²) in [5, 5.41) is 3.69. The first-order valence-electron chi connectivity index (χ1n) is 13.1. The molecule has 1 aliphatic rings. The summed E-state index contributed by atoms with van der Waals surface area (Å²) in [6.45, 7) is 1.43. The third kappa shape index (κ3) is 7.78. The highest BCUT2D eigenvalue weighted by molar-refractivity contribution is 7.92. The summed E-state index contributed by atoms with van der Waals surface area (Å²) in [6, 6.07) is 17.1. The van der Waals surface area contributed by atoms with Crippen LogP contribution in [0.1, 0.15) is 16.8 Å². The van der Waals surface area contributed by atoms with Gasteiger partial charge in [-0.25, -0.2) is 16.8 Å². The van der Waals surface area contributed by atoms with Crippen molar-refractivity contribution in [2.75, 3.05) is 60.6 Å². The highest BCUT2D eigenvalue weighted by Gasteiger charge is 2.29. The third-order valence-corrected chi connectivity index (χ3v) is 11.0. The number of methoxy groups -OCH3 is 1. The van der Waals surface area contributed by atoms with Crippen molar-refractivity contribution < 1.29 is 31.2 Å². The molecule has 3 aromatic carbocycles. The van der Waals surface area contributed by atoms with Crippen molar-refractivity contribution in [2.45, 2.75) is 11.3 Å². The Bertz CT molecular complexity index is 1690. The molecule has 230 valence electrons. The Morgan fingerprint density at radius 2 is 1.51 bits per heavy atom. The van der Waals surface area contributed by atoms with Gasteiger partial charge in [0.15, 0.2) is 0 Å². The second kappa shape index (κ2) is 13.5. The van der Waals surface area contributed by atoms with Gasteiger partial charge in [0.2, 0.25) is 20.0 Å². The van der Waals surface area contributed by atoms with E-state index in [0.717, 1.165) is 9.99 Å². The molecule has 1 fully saturated rings. The second-order valence-corrected chi connectivity index (χ2v) is 14.6. The molecule has 0 unspecified atom stereocenters. The molecule has 1 amide bonds. The van der Waals surface area contributed by atoms with Gasteiger partial charge < -0.3 is 15.0 Å². The molecule has 3 aromatic rings. The molecule has 0 radical (unpaired) electrons. The first-order valence-corrected chi connectivity index (χ1v) is 16.9. The molecule has 1 aliphatic heterocycles. The number of nitrogens with zero attached hydrogens (tertiary/aromatic N) is 3. The number of halogens is 2. The number of nitrogens with one attached hydrogen (secondary N) is 1. The molecule has 0 spiro atoms. The molecule has 0 bridgehead atoms. The zero-order valence-electron chi connectivity index (χ0n) is 23.4. The molecule has 0 aliphatic carbocycles. The smallest absolute Gasteiger partial charge is 0.306 e. The van der Waals surface area contributed by atoms with Crippen LogP contribution in [0.15, 0.2) is 71.6 Å². The molecule has 4 rings (SSSR count). The van der Waals surface area contributed by atoms with Gasteiger partial charge in [0.25, 0.3) is 5.91 Å². The molecule has 11 nitrogen and oxygen atoms in total. The van der Waals surface area contributed by atoms with E-state index in [1.807, 2.05) is 4.90 Å². The van der Waals surface area contributed by atoms with Crippen LogP contribution >= 0.6 is 23.2 Å². The maximum Gasteiger partial charge on any atom is 0.306 e. The Morgan fingerprint density at radius 1 is 0.907 bits per heavy atom. The van der Waals surface area contributed by atoms with Gasteiger partial charge in [-0.05, 0) is 54.6 Å². The zero-order chi connectivity index (χ0) is 31.4. The Balaban J connectivity index is 1.42. The summed E-state index contributed by atoms with van der Waals surface area (Å²) < 4.78 is 59.0. The lowest BCUT2D eigenvalue weighted by molar-refractivity contribution is -0.140.